The third-order valence-electron chi connectivity index (χ3n) is 5.12. The standard InChI is InChI=1S/C16H24F3N3S/c1-10-2-5-12(6-3-10)21-15(23)22-13-7-4-11(9-20)14(8-13)16(17,18)19/h10-14H,2-8H2,1H3,(H2,21,22,23). The van der Waals surface area contributed by atoms with E-state index in [9.17, 15) is 13.2 Å². The number of nitrogens with zero attached hydrogens (tertiary/aromatic N) is 1. The van der Waals surface area contributed by atoms with E-state index >= 15 is 0 Å². The predicted molar refractivity (Wildman–Crippen MR) is 86.6 cm³/mol. The van der Waals surface area contributed by atoms with Gasteiger partial charge in [-0.05, 0) is 63.1 Å². The zero-order chi connectivity index (χ0) is 17.0. The highest BCUT2D eigenvalue weighted by atomic mass is 32.1. The van der Waals surface area contributed by atoms with Crippen molar-refractivity contribution in [2.45, 2.75) is 70.1 Å². The van der Waals surface area contributed by atoms with Crippen molar-refractivity contribution in [1.82, 2.24) is 10.6 Å². The second-order valence-corrected chi connectivity index (χ2v) is 7.38. The molecule has 23 heavy (non-hydrogen) atoms. The summed E-state index contributed by atoms with van der Waals surface area (Å²) in [5.74, 6) is -1.75. The third kappa shape index (κ3) is 5.23. The molecule has 0 aromatic heterocycles. The lowest BCUT2D eigenvalue weighted by Crippen LogP contribution is -2.50. The molecule has 0 amide bonds. The Balaban J connectivity index is 1.83. The van der Waals surface area contributed by atoms with Crippen LogP contribution < -0.4 is 10.6 Å². The van der Waals surface area contributed by atoms with Crippen LogP contribution in [-0.4, -0.2) is 23.4 Å². The summed E-state index contributed by atoms with van der Waals surface area (Å²) in [6.45, 7) is 2.23. The van der Waals surface area contributed by atoms with Gasteiger partial charge in [-0.2, -0.15) is 18.4 Å². The SMILES string of the molecule is CC1CCC(NC(=S)NC2CCC(C#N)C(C(F)(F)F)C2)CC1. The van der Waals surface area contributed by atoms with Gasteiger partial charge in [0.15, 0.2) is 5.11 Å². The number of nitriles is 1. The number of thiocarbonyl (C=S) groups is 1. The van der Waals surface area contributed by atoms with Crippen LogP contribution in [0.4, 0.5) is 13.2 Å². The third-order valence-corrected chi connectivity index (χ3v) is 5.36. The molecular formula is C16H24F3N3S. The van der Waals surface area contributed by atoms with Crippen molar-refractivity contribution in [2.24, 2.45) is 17.8 Å². The number of hydrogen-bond acceptors (Lipinski definition) is 2. The van der Waals surface area contributed by atoms with Gasteiger partial charge in [0.2, 0.25) is 0 Å². The monoisotopic (exact) mass is 347 g/mol. The van der Waals surface area contributed by atoms with Crippen molar-refractivity contribution in [3.63, 3.8) is 0 Å². The summed E-state index contributed by atoms with van der Waals surface area (Å²) in [4.78, 5) is 0. The first-order chi connectivity index (χ1) is 10.8. The molecule has 3 atom stereocenters. The molecule has 2 aliphatic carbocycles. The summed E-state index contributed by atoms with van der Waals surface area (Å²) in [6, 6.07) is 1.82. The zero-order valence-electron chi connectivity index (χ0n) is 13.3. The van der Waals surface area contributed by atoms with Gasteiger partial charge in [-0.15, -0.1) is 0 Å². The van der Waals surface area contributed by atoms with Crippen LogP contribution in [0.2, 0.25) is 0 Å². The molecule has 2 fully saturated rings. The molecule has 0 aromatic rings. The van der Waals surface area contributed by atoms with Crippen molar-refractivity contribution in [2.75, 3.05) is 0 Å². The maximum absolute atomic E-state index is 13.1. The maximum Gasteiger partial charge on any atom is 0.393 e. The van der Waals surface area contributed by atoms with Gasteiger partial charge in [0, 0.05) is 12.1 Å². The van der Waals surface area contributed by atoms with Crippen LogP contribution in [0, 0.1) is 29.1 Å². The predicted octanol–water partition coefficient (Wildman–Crippen LogP) is 3.90. The van der Waals surface area contributed by atoms with E-state index in [1.807, 2.05) is 6.07 Å². The summed E-state index contributed by atoms with van der Waals surface area (Å²) < 4.78 is 39.2. The number of halogens is 3. The fraction of sp³-hybridized carbons (Fsp3) is 0.875. The van der Waals surface area contributed by atoms with E-state index in [2.05, 4.69) is 17.6 Å². The summed E-state index contributed by atoms with van der Waals surface area (Å²) >= 11 is 5.27. The minimum absolute atomic E-state index is 0.0781. The minimum Gasteiger partial charge on any atom is -0.360 e. The molecule has 0 bridgehead atoms. The van der Waals surface area contributed by atoms with Crippen molar-refractivity contribution in [3.05, 3.63) is 0 Å². The fourth-order valence-corrected chi connectivity index (χ4v) is 3.97. The molecule has 0 radical (unpaired) electrons. The van der Waals surface area contributed by atoms with Gasteiger partial charge in [0.1, 0.15) is 0 Å². The number of hydrogen-bond donors (Lipinski definition) is 2. The largest absolute Gasteiger partial charge is 0.393 e. The van der Waals surface area contributed by atoms with Crippen LogP contribution in [0.15, 0.2) is 0 Å². The molecule has 2 aliphatic rings. The van der Waals surface area contributed by atoms with Gasteiger partial charge in [0.25, 0.3) is 0 Å². The Kier molecular flexibility index (Phi) is 6.12. The summed E-state index contributed by atoms with van der Waals surface area (Å²) in [5.41, 5.74) is 0. The van der Waals surface area contributed by atoms with Gasteiger partial charge in [-0.3, -0.25) is 0 Å². The van der Waals surface area contributed by atoms with E-state index < -0.39 is 18.0 Å². The van der Waals surface area contributed by atoms with E-state index in [-0.39, 0.29) is 18.9 Å². The molecule has 3 nitrogen and oxygen atoms in total. The molecule has 0 spiro atoms. The number of rotatable bonds is 2. The first-order valence-corrected chi connectivity index (χ1v) is 8.73. The normalized spacial score (nSPS) is 35.2. The average Bonchev–Trinajstić information content (AvgIpc) is 2.48. The van der Waals surface area contributed by atoms with E-state index in [1.54, 1.807) is 0 Å². The molecule has 0 heterocycles. The molecule has 2 rings (SSSR count). The lowest BCUT2D eigenvalue weighted by molar-refractivity contribution is -0.192. The van der Waals surface area contributed by atoms with Crippen LogP contribution in [0.1, 0.15) is 51.9 Å². The van der Waals surface area contributed by atoms with Crippen molar-refractivity contribution in [1.29, 1.82) is 5.26 Å². The molecule has 2 N–H and O–H groups in total. The van der Waals surface area contributed by atoms with Gasteiger partial charge in [-0.1, -0.05) is 6.92 Å². The van der Waals surface area contributed by atoms with Crippen LogP contribution in [0.25, 0.3) is 0 Å². The van der Waals surface area contributed by atoms with E-state index in [0.29, 0.717) is 17.6 Å². The summed E-state index contributed by atoms with van der Waals surface area (Å²) in [6.07, 6.45) is 0.828. The second-order valence-electron chi connectivity index (χ2n) is 6.97. The van der Waals surface area contributed by atoms with Gasteiger partial charge in [-0.25, -0.2) is 0 Å². The highest BCUT2D eigenvalue weighted by Gasteiger charge is 2.48. The van der Waals surface area contributed by atoms with E-state index in [1.165, 1.54) is 0 Å². The fourth-order valence-electron chi connectivity index (χ4n) is 3.63. The highest BCUT2D eigenvalue weighted by molar-refractivity contribution is 7.80. The molecule has 0 aromatic carbocycles. The smallest absolute Gasteiger partial charge is 0.360 e. The van der Waals surface area contributed by atoms with E-state index in [4.69, 9.17) is 17.5 Å². The number of alkyl halides is 3. The van der Waals surface area contributed by atoms with Crippen LogP contribution in [-0.2, 0) is 0 Å². The molecular weight excluding hydrogens is 323 g/mol. The zero-order valence-corrected chi connectivity index (χ0v) is 14.1. The summed E-state index contributed by atoms with van der Waals surface area (Å²) in [7, 11) is 0. The van der Waals surface area contributed by atoms with Gasteiger partial charge < -0.3 is 10.6 Å². The van der Waals surface area contributed by atoms with Gasteiger partial charge in [0.05, 0.1) is 17.9 Å². The highest BCUT2D eigenvalue weighted by Crippen LogP contribution is 2.41. The quantitative estimate of drug-likeness (QED) is 0.744. The van der Waals surface area contributed by atoms with Crippen LogP contribution in [0.5, 0.6) is 0 Å². The van der Waals surface area contributed by atoms with Crippen LogP contribution >= 0.6 is 12.2 Å². The Bertz CT molecular complexity index is 452. The molecule has 2 saturated carbocycles. The first-order valence-electron chi connectivity index (χ1n) is 8.33. The second kappa shape index (κ2) is 7.69. The van der Waals surface area contributed by atoms with Crippen molar-refractivity contribution < 1.29 is 13.2 Å². The molecule has 130 valence electrons. The topological polar surface area (TPSA) is 47.8 Å². The Hall–Kier alpha value is -1.03. The minimum atomic E-state index is -4.32. The molecule has 3 unspecified atom stereocenters. The van der Waals surface area contributed by atoms with Crippen molar-refractivity contribution >= 4 is 17.3 Å². The Morgan fingerprint density at radius 3 is 2.17 bits per heavy atom. The number of nitrogens with one attached hydrogen (secondary N) is 2. The molecule has 7 heteroatoms. The Morgan fingerprint density at radius 2 is 1.61 bits per heavy atom. The van der Waals surface area contributed by atoms with E-state index in [0.717, 1.165) is 31.6 Å². The maximum atomic E-state index is 13.1. The lowest BCUT2D eigenvalue weighted by Gasteiger charge is -2.35. The Morgan fingerprint density at radius 1 is 1.04 bits per heavy atom. The molecule has 0 aliphatic heterocycles. The van der Waals surface area contributed by atoms with Crippen LogP contribution in [0.3, 0.4) is 0 Å². The summed E-state index contributed by atoms with van der Waals surface area (Å²) in [5, 5.41) is 15.6. The lowest BCUT2D eigenvalue weighted by atomic mass is 9.77. The average molecular weight is 347 g/mol. The Labute approximate surface area is 141 Å². The molecule has 0 saturated heterocycles. The van der Waals surface area contributed by atoms with Gasteiger partial charge >= 0.3 is 6.18 Å². The van der Waals surface area contributed by atoms with Crippen molar-refractivity contribution in [3.8, 4) is 6.07 Å². The first kappa shape index (κ1) is 18.3.